The second kappa shape index (κ2) is 3.80. The molecular formula is C11H12FNO. The molecule has 0 spiro atoms. The number of ether oxygens (including phenoxy) is 1. The van der Waals surface area contributed by atoms with Gasteiger partial charge in [-0.3, -0.25) is 0 Å². The summed E-state index contributed by atoms with van der Waals surface area (Å²) in [6.45, 7) is 0.204. The van der Waals surface area contributed by atoms with Gasteiger partial charge in [0.15, 0.2) is 0 Å². The van der Waals surface area contributed by atoms with Crippen molar-refractivity contribution in [1.29, 1.82) is 0 Å². The summed E-state index contributed by atoms with van der Waals surface area (Å²) < 4.78 is 18.0. The summed E-state index contributed by atoms with van der Waals surface area (Å²) in [5.74, 6) is 0.838. The number of halogens is 1. The number of benzene rings is 1. The van der Waals surface area contributed by atoms with Crippen molar-refractivity contribution in [2.45, 2.75) is 12.5 Å². The Morgan fingerprint density at radius 1 is 1.57 bits per heavy atom. The van der Waals surface area contributed by atoms with Crippen LogP contribution in [0.3, 0.4) is 0 Å². The Bertz CT molecular complexity index is 337. The molecular weight excluding hydrogens is 181 g/mol. The van der Waals surface area contributed by atoms with Crippen molar-refractivity contribution in [3.63, 3.8) is 0 Å². The van der Waals surface area contributed by atoms with Crippen molar-refractivity contribution >= 4 is 0 Å². The number of hydrogen-bond acceptors (Lipinski definition) is 2. The fourth-order valence-corrected chi connectivity index (χ4v) is 1.64. The molecule has 74 valence electrons. The molecule has 0 amide bonds. The fraction of sp³-hybridized carbons (Fsp3) is 0.273. The van der Waals surface area contributed by atoms with Gasteiger partial charge >= 0.3 is 0 Å². The van der Waals surface area contributed by atoms with Gasteiger partial charge in [-0.15, -0.1) is 0 Å². The third-order valence-corrected chi connectivity index (χ3v) is 2.44. The van der Waals surface area contributed by atoms with Gasteiger partial charge in [0.25, 0.3) is 0 Å². The zero-order chi connectivity index (χ0) is 9.97. The topological polar surface area (TPSA) is 35.2 Å². The predicted octanol–water partition coefficient (Wildman–Crippen LogP) is 1.80. The Kier molecular flexibility index (Phi) is 2.50. The maximum absolute atomic E-state index is 12.4. The lowest BCUT2D eigenvalue weighted by Gasteiger charge is -2.11. The van der Waals surface area contributed by atoms with Crippen LogP contribution in [-0.4, -0.2) is 12.6 Å². The average Bonchev–Trinajstić information content (AvgIpc) is 2.63. The highest BCUT2D eigenvalue weighted by Gasteiger charge is 2.24. The Morgan fingerprint density at radius 2 is 2.36 bits per heavy atom. The summed E-state index contributed by atoms with van der Waals surface area (Å²) in [6.07, 6.45) is 1.04. The standard InChI is InChI=1S/C11H12FNO/c12-6-9(7-13)11-5-8-3-1-2-4-10(8)14-11/h1-4,6,11H,5,7,13H2/t11-/m1/s1. The molecule has 0 unspecified atom stereocenters. The van der Waals surface area contributed by atoms with Crippen LogP contribution in [0.5, 0.6) is 5.75 Å². The van der Waals surface area contributed by atoms with Gasteiger partial charge in [-0.1, -0.05) is 18.2 Å². The van der Waals surface area contributed by atoms with E-state index in [1.807, 2.05) is 24.3 Å². The molecule has 0 aromatic heterocycles. The summed E-state index contributed by atoms with van der Waals surface area (Å²) >= 11 is 0. The Morgan fingerprint density at radius 3 is 3.00 bits per heavy atom. The highest BCUT2D eigenvalue weighted by atomic mass is 19.1. The molecule has 0 bridgehead atoms. The van der Waals surface area contributed by atoms with Gasteiger partial charge in [-0.25, -0.2) is 4.39 Å². The number of hydrogen-bond donors (Lipinski definition) is 1. The van der Waals surface area contributed by atoms with Crippen LogP contribution in [-0.2, 0) is 6.42 Å². The van der Waals surface area contributed by atoms with Crippen LogP contribution in [0.15, 0.2) is 36.2 Å². The van der Waals surface area contributed by atoms with Crippen LogP contribution < -0.4 is 10.5 Å². The third-order valence-electron chi connectivity index (χ3n) is 2.44. The minimum Gasteiger partial charge on any atom is -0.485 e. The summed E-state index contributed by atoms with van der Waals surface area (Å²) in [4.78, 5) is 0. The van der Waals surface area contributed by atoms with E-state index in [1.54, 1.807) is 0 Å². The van der Waals surface area contributed by atoms with Crippen LogP contribution in [0.25, 0.3) is 0 Å². The van der Waals surface area contributed by atoms with Crippen LogP contribution in [0.2, 0.25) is 0 Å². The number of rotatable bonds is 2. The van der Waals surface area contributed by atoms with Crippen LogP contribution in [0.4, 0.5) is 4.39 Å². The number of nitrogens with two attached hydrogens (primary N) is 1. The van der Waals surface area contributed by atoms with Crippen molar-refractivity contribution in [3.8, 4) is 5.75 Å². The maximum Gasteiger partial charge on any atom is 0.128 e. The fourth-order valence-electron chi connectivity index (χ4n) is 1.64. The molecule has 1 aliphatic rings. The molecule has 0 saturated heterocycles. The van der Waals surface area contributed by atoms with E-state index >= 15 is 0 Å². The molecule has 0 fully saturated rings. The first-order valence-corrected chi connectivity index (χ1v) is 4.59. The molecule has 2 rings (SSSR count). The van der Waals surface area contributed by atoms with Gasteiger partial charge in [0.05, 0.1) is 6.33 Å². The van der Waals surface area contributed by atoms with E-state index in [4.69, 9.17) is 10.5 Å². The van der Waals surface area contributed by atoms with Crippen molar-refractivity contribution in [3.05, 3.63) is 41.7 Å². The Labute approximate surface area is 82.2 Å². The lowest BCUT2D eigenvalue weighted by atomic mass is 10.1. The SMILES string of the molecule is NCC(=CF)[C@H]1Cc2ccccc2O1. The van der Waals surface area contributed by atoms with Crippen LogP contribution in [0, 0.1) is 0 Å². The van der Waals surface area contributed by atoms with Crippen molar-refractivity contribution in [1.82, 2.24) is 0 Å². The first kappa shape index (κ1) is 9.21. The van der Waals surface area contributed by atoms with E-state index in [2.05, 4.69) is 0 Å². The molecule has 1 atom stereocenters. The second-order valence-corrected chi connectivity index (χ2v) is 3.31. The minimum atomic E-state index is -0.220. The largest absolute Gasteiger partial charge is 0.485 e. The molecule has 1 heterocycles. The van der Waals surface area contributed by atoms with Crippen LogP contribution in [0.1, 0.15) is 5.56 Å². The van der Waals surface area contributed by atoms with Gasteiger partial charge in [0.2, 0.25) is 0 Å². The monoisotopic (exact) mass is 193 g/mol. The van der Waals surface area contributed by atoms with E-state index in [1.165, 1.54) is 0 Å². The molecule has 1 aliphatic heterocycles. The quantitative estimate of drug-likeness (QED) is 0.777. The lowest BCUT2D eigenvalue weighted by molar-refractivity contribution is 0.266. The molecule has 1 aromatic rings. The maximum atomic E-state index is 12.4. The lowest BCUT2D eigenvalue weighted by Crippen LogP contribution is -2.21. The number of para-hydroxylation sites is 1. The second-order valence-electron chi connectivity index (χ2n) is 3.31. The zero-order valence-corrected chi connectivity index (χ0v) is 7.74. The van der Waals surface area contributed by atoms with E-state index in [-0.39, 0.29) is 12.6 Å². The minimum absolute atomic E-state index is 0.204. The van der Waals surface area contributed by atoms with Crippen LogP contribution >= 0.6 is 0 Å². The number of fused-ring (bicyclic) bond motifs is 1. The normalized spacial score (nSPS) is 20.4. The van der Waals surface area contributed by atoms with Crippen molar-refractivity contribution in [2.24, 2.45) is 5.73 Å². The highest BCUT2D eigenvalue weighted by molar-refractivity contribution is 5.39. The van der Waals surface area contributed by atoms with E-state index in [0.29, 0.717) is 18.3 Å². The molecule has 3 heteroatoms. The molecule has 0 radical (unpaired) electrons. The van der Waals surface area contributed by atoms with Gasteiger partial charge in [-0.05, 0) is 11.6 Å². The molecule has 0 saturated carbocycles. The van der Waals surface area contributed by atoms with Gasteiger partial charge < -0.3 is 10.5 Å². The summed E-state index contributed by atoms with van der Waals surface area (Å²) in [6, 6.07) is 7.73. The molecule has 2 nitrogen and oxygen atoms in total. The Balaban J connectivity index is 2.19. The zero-order valence-electron chi connectivity index (χ0n) is 7.74. The Hall–Kier alpha value is -1.35. The van der Waals surface area contributed by atoms with Gasteiger partial charge in [0, 0.05) is 18.5 Å². The highest BCUT2D eigenvalue weighted by Crippen LogP contribution is 2.30. The van der Waals surface area contributed by atoms with E-state index in [9.17, 15) is 4.39 Å². The third kappa shape index (κ3) is 1.51. The first-order chi connectivity index (χ1) is 6.85. The van der Waals surface area contributed by atoms with Gasteiger partial charge in [0.1, 0.15) is 11.9 Å². The van der Waals surface area contributed by atoms with E-state index in [0.717, 1.165) is 11.3 Å². The average molecular weight is 193 g/mol. The molecule has 14 heavy (non-hydrogen) atoms. The smallest absolute Gasteiger partial charge is 0.128 e. The molecule has 1 aromatic carbocycles. The summed E-state index contributed by atoms with van der Waals surface area (Å²) in [7, 11) is 0. The summed E-state index contributed by atoms with van der Waals surface area (Å²) in [5.41, 5.74) is 7.04. The van der Waals surface area contributed by atoms with E-state index < -0.39 is 0 Å². The van der Waals surface area contributed by atoms with Crippen molar-refractivity contribution < 1.29 is 9.13 Å². The van der Waals surface area contributed by atoms with Crippen molar-refractivity contribution in [2.75, 3.05) is 6.54 Å². The first-order valence-electron chi connectivity index (χ1n) is 4.59. The molecule has 2 N–H and O–H groups in total. The summed E-state index contributed by atoms with van der Waals surface area (Å²) in [5, 5.41) is 0. The predicted molar refractivity (Wildman–Crippen MR) is 52.8 cm³/mol. The molecule has 0 aliphatic carbocycles. The van der Waals surface area contributed by atoms with Gasteiger partial charge in [-0.2, -0.15) is 0 Å².